The van der Waals surface area contributed by atoms with Crippen LogP contribution in [0.2, 0.25) is 10.0 Å². The lowest BCUT2D eigenvalue weighted by Gasteiger charge is -2.12. The van der Waals surface area contributed by atoms with Gasteiger partial charge in [-0.15, -0.1) is 0 Å². The lowest BCUT2D eigenvalue weighted by atomic mass is 10.1. The third-order valence-corrected chi connectivity index (χ3v) is 5.03. The average Bonchev–Trinajstić information content (AvgIpc) is 2.72. The molecular weight excluding hydrogens is 452 g/mol. The van der Waals surface area contributed by atoms with Crippen LogP contribution in [-0.2, 0) is 19.0 Å². The van der Waals surface area contributed by atoms with Crippen LogP contribution in [0.1, 0.15) is 29.7 Å². The number of aryl methyl sites for hydroxylation is 2. The Morgan fingerprint density at radius 2 is 1.81 bits per heavy atom. The number of pyridine rings is 1. The molecule has 5 nitrogen and oxygen atoms in total. The molecule has 0 aliphatic rings. The topological polar surface area (TPSA) is 59.9 Å². The van der Waals surface area contributed by atoms with E-state index >= 15 is 0 Å². The van der Waals surface area contributed by atoms with E-state index in [1.54, 1.807) is 12.1 Å². The first kappa shape index (κ1) is 23.1. The number of ether oxygens (including phenoxy) is 1. The third-order valence-electron chi connectivity index (χ3n) is 4.33. The Labute approximate surface area is 187 Å². The largest absolute Gasteiger partial charge is 0.454 e. The molecule has 0 bridgehead atoms. The molecule has 0 radical (unpaired) electrons. The van der Waals surface area contributed by atoms with E-state index < -0.39 is 11.9 Å². The zero-order valence-electron chi connectivity index (χ0n) is 16.7. The van der Waals surface area contributed by atoms with Crippen molar-refractivity contribution >= 4 is 29.0 Å². The molecule has 0 amide bonds. The Bertz CT molecular complexity index is 1060. The molecule has 164 valence electrons. The molecule has 0 aliphatic carbocycles. The molecule has 1 aromatic carbocycles. The highest BCUT2D eigenvalue weighted by Gasteiger charge is 2.33. The minimum absolute atomic E-state index is 0.0459. The van der Waals surface area contributed by atoms with Crippen molar-refractivity contribution in [1.82, 2.24) is 15.0 Å². The van der Waals surface area contributed by atoms with Gasteiger partial charge in [-0.2, -0.15) is 13.2 Å². The molecule has 0 saturated heterocycles. The zero-order chi connectivity index (χ0) is 22.6. The van der Waals surface area contributed by atoms with Gasteiger partial charge in [0.25, 0.3) is 0 Å². The van der Waals surface area contributed by atoms with Gasteiger partial charge in [0.05, 0.1) is 16.9 Å². The minimum atomic E-state index is -4.56. The monoisotopic (exact) mass is 470 g/mol. The quantitative estimate of drug-likeness (QED) is 0.426. The molecule has 31 heavy (non-hydrogen) atoms. The van der Waals surface area contributed by atoms with Crippen LogP contribution in [0.25, 0.3) is 0 Å². The number of anilines is 1. The van der Waals surface area contributed by atoms with E-state index in [0.29, 0.717) is 35.4 Å². The SMILES string of the molecule is CCc1nc(C)nc(NCCc2ccc(Oc3cnc(C(F)(F)F)cc3Cl)cc2)c1Cl. The number of benzene rings is 1. The second-order valence-corrected chi connectivity index (χ2v) is 7.44. The van der Waals surface area contributed by atoms with Crippen molar-refractivity contribution in [2.24, 2.45) is 0 Å². The summed E-state index contributed by atoms with van der Waals surface area (Å²) in [7, 11) is 0. The fourth-order valence-electron chi connectivity index (χ4n) is 2.79. The third kappa shape index (κ3) is 5.98. The van der Waals surface area contributed by atoms with Crippen LogP contribution in [0.15, 0.2) is 36.5 Å². The summed E-state index contributed by atoms with van der Waals surface area (Å²) >= 11 is 12.2. The standard InChI is InChI=1S/C21H19Cl2F3N4O/c1-3-16-19(23)20(30-12(2)29-16)27-9-8-13-4-6-14(7-5-13)31-17-11-28-18(10-15(17)22)21(24,25)26/h4-7,10-11H,3,8-9H2,1-2H3,(H,27,29,30). The number of hydrogen-bond donors (Lipinski definition) is 1. The highest BCUT2D eigenvalue weighted by molar-refractivity contribution is 6.33. The average molecular weight is 471 g/mol. The molecule has 1 N–H and O–H groups in total. The van der Waals surface area contributed by atoms with Crippen LogP contribution in [-0.4, -0.2) is 21.5 Å². The maximum absolute atomic E-state index is 12.7. The first-order chi connectivity index (χ1) is 14.7. The van der Waals surface area contributed by atoms with Crippen LogP contribution in [0.5, 0.6) is 11.5 Å². The Hall–Kier alpha value is -2.58. The Morgan fingerprint density at radius 3 is 2.42 bits per heavy atom. The lowest BCUT2D eigenvalue weighted by molar-refractivity contribution is -0.141. The van der Waals surface area contributed by atoms with Crippen LogP contribution >= 0.6 is 23.2 Å². The molecule has 10 heteroatoms. The summed E-state index contributed by atoms with van der Waals surface area (Å²) in [6.45, 7) is 4.40. The molecule has 0 unspecified atom stereocenters. The summed E-state index contributed by atoms with van der Waals surface area (Å²) in [5, 5.41) is 3.58. The molecule has 0 saturated carbocycles. The van der Waals surface area contributed by atoms with E-state index in [9.17, 15) is 13.2 Å². The number of alkyl halides is 3. The van der Waals surface area contributed by atoms with E-state index in [2.05, 4.69) is 20.3 Å². The van der Waals surface area contributed by atoms with Gasteiger partial charge in [-0.25, -0.2) is 15.0 Å². The lowest BCUT2D eigenvalue weighted by Crippen LogP contribution is -2.09. The van der Waals surface area contributed by atoms with Crippen LogP contribution in [0.3, 0.4) is 0 Å². The normalized spacial score (nSPS) is 11.5. The fourth-order valence-corrected chi connectivity index (χ4v) is 3.27. The van der Waals surface area contributed by atoms with Crippen molar-refractivity contribution in [2.45, 2.75) is 32.9 Å². The number of hydrogen-bond acceptors (Lipinski definition) is 5. The zero-order valence-corrected chi connectivity index (χ0v) is 18.2. The highest BCUT2D eigenvalue weighted by atomic mass is 35.5. The van der Waals surface area contributed by atoms with Crippen LogP contribution < -0.4 is 10.1 Å². The van der Waals surface area contributed by atoms with Crippen molar-refractivity contribution < 1.29 is 17.9 Å². The number of halogens is 5. The van der Waals surface area contributed by atoms with Crippen molar-refractivity contribution in [3.05, 3.63) is 69.3 Å². The van der Waals surface area contributed by atoms with E-state index in [1.165, 1.54) is 0 Å². The smallest absolute Gasteiger partial charge is 0.433 e. The molecule has 3 rings (SSSR count). The number of aromatic nitrogens is 3. The molecule has 0 atom stereocenters. The second-order valence-electron chi connectivity index (χ2n) is 6.65. The molecule has 3 aromatic rings. The van der Waals surface area contributed by atoms with Crippen LogP contribution in [0.4, 0.5) is 19.0 Å². The molecular formula is C21H19Cl2F3N4O. The molecule has 0 spiro atoms. The van der Waals surface area contributed by atoms with Gasteiger partial charge in [0.2, 0.25) is 0 Å². The maximum Gasteiger partial charge on any atom is 0.433 e. The van der Waals surface area contributed by atoms with Crippen molar-refractivity contribution in [3.63, 3.8) is 0 Å². The molecule has 2 aromatic heterocycles. The van der Waals surface area contributed by atoms with Gasteiger partial charge < -0.3 is 10.1 Å². The van der Waals surface area contributed by atoms with Crippen molar-refractivity contribution in [2.75, 3.05) is 11.9 Å². The second kappa shape index (κ2) is 9.70. The van der Waals surface area contributed by atoms with E-state index in [0.717, 1.165) is 29.9 Å². The van der Waals surface area contributed by atoms with Gasteiger partial charge >= 0.3 is 6.18 Å². The summed E-state index contributed by atoms with van der Waals surface area (Å²) in [6.07, 6.45) is -2.19. The highest BCUT2D eigenvalue weighted by Crippen LogP contribution is 2.34. The van der Waals surface area contributed by atoms with Gasteiger partial charge in [0.1, 0.15) is 28.1 Å². The van der Waals surface area contributed by atoms with E-state index in [1.807, 2.05) is 26.0 Å². The Balaban J connectivity index is 1.59. The molecule has 2 heterocycles. The van der Waals surface area contributed by atoms with E-state index in [4.69, 9.17) is 27.9 Å². The first-order valence-corrected chi connectivity index (χ1v) is 10.2. The van der Waals surface area contributed by atoms with E-state index in [-0.39, 0.29) is 10.8 Å². The Kier molecular flexibility index (Phi) is 7.23. The van der Waals surface area contributed by atoms with Crippen LogP contribution in [0, 0.1) is 6.92 Å². The van der Waals surface area contributed by atoms with Gasteiger partial charge in [0.15, 0.2) is 5.75 Å². The summed E-state index contributed by atoms with van der Waals surface area (Å²) in [5.41, 5.74) is 0.751. The number of nitrogens with zero attached hydrogens (tertiary/aromatic N) is 3. The summed E-state index contributed by atoms with van der Waals surface area (Å²) in [5.74, 6) is 1.74. The minimum Gasteiger partial charge on any atom is -0.454 e. The first-order valence-electron chi connectivity index (χ1n) is 9.43. The number of nitrogens with one attached hydrogen (secondary N) is 1. The maximum atomic E-state index is 12.7. The van der Waals surface area contributed by atoms with Gasteiger partial charge in [-0.1, -0.05) is 42.3 Å². The van der Waals surface area contributed by atoms with Crippen molar-refractivity contribution in [3.8, 4) is 11.5 Å². The van der Waals surface area contributed by atoms with Crippen molar-refractivity contribution in [1.29, 1.82) is 0 Å². The van der Waals surface area contributed by atoms with Gasteiger partial charge in [-0.3, -0.25) is 0 Å². The molecule has 0 aliphatic heterocycles. The fraction of sp³-hybridized carbons (Fsp3) is 0.286. The summed E-state index contributed by atoms with van der Waals surface area (Å²) < 4.78 is 43.6. The number of rotatable bonds is 7. The predicted octanol–water partition coefficient (Wildman–Crippen LogP) is 6.51. The Morgan fingerprint density at radius 1 is 1.10 bits per heavy atom. The summed E-state index contributed by atoms with van der Waals surface area (Å²) in [4.78, 5) is 12.0. The molecule has 0 fully saturated rings. The predicted molar refractivity (Wildman–Crippen MR) is 114 cm³/mol. The summed E-state index contributed by atoms with van der Waals surface area (Å²) in [6, 6.07) is 7.86. The van der Waals surface area contributed by atoms with Gasteiger partial charge in [-0.05, 0) is 43.5 Å². The van der Waals surface area contributed by atoms with Gasteiger partial charge in [0, 0.05) is 6.54 Å².